The van der Waals surface area contributed by atoms with Crippen LogP contribution in [0.25, 0.3) is 0 Å². The normalized spacial score (nSPS) is 21.9. The third-order valence-corrected chi connectivity index (χ3v) is 11.7. The number of hydrogen-bond acceptors (Lipinski definition) is 4. The number of nitrogens with zero attached hydrogens (tertiary/aromatic N) is 2. The van der Waals surface area contributed by atoms with E-state index < -0.39 is 11.9 Å². The van der Waals surface area contributed by atoms with Gasteiger partial charge in [0.25, 0.3) is 0 Å². The van der Waals surface area contributed by atoms with Crippen molar-refractivity contribution < 1.29 is 19.8 Å². The van der Waals surface area contributed by atoms with Crippen molar-refractivity contribution in [2.75, 3.05) is 13.1 Å². The number of rotatable bonds is 12. The van der Waals surface area contributed by atoms with Crippen molar-refractivity contribution in [3.63, 3.8) is 0 Å². The van der Waals surface area contributed by atoms with Gasteiger partial charge in [-0.15, -0.1) is 0 Å². The van der Waals surface area contributed by atoms with Gasteiger partial charge < -0.3 is 10.2 Å². The van der Waals surface area contributed by atoms with Crippen LogP contribution < -0.4 is 0 Å². The third kappa shape index (κ3) is 8.22. The Balaban J connectivity index is 1.42. The van der Waals surface area contributed by atoms with E-state index in [9.17, 15) is 19.8 Å². The molecule has 5 rings (SSSR count). The second kappa shape index (κ2) is 15.9. The summed E-state index contributed by atoms with van der Waals surface area (Å²) in [5.74, 6) is -1.83. The highest BCUT2D eigenvalue weighted by Crippen LogP contribution is 2.34. The molecule has 4 aliphatic carbocycles. The van der Waals surface area contributed by atoms with Gasteiger partial charge in [-0.3, -0.25) is 9.80 Å². The molecule has 0 aromatic heterocycles. The van der Waals surface area contributed by atoms with E-state index in [2.05, 4.69) is 9.80 Å². The van der Waals surface area contributed by atoms with E-state index in [1.807, 2.05) is 6.92 Å². The van der Waals surface area contributed by atoms with E-state index in [-0.39, 0.29) is 0 Å². The van der Waals surface area contributed by atoms with Gasteiger partial charge in [-0.2, -0.15) is 0 Å². The molecule has 0 saturated heterocycles. The first-order chi connectivity index (χ1) is 20.9. The molecule has 0 heterocycles. The van der Waals surface area contributed by atoms with Crippen molar-refractivity contribution in [3.05, 3.63) is 33.9 Å². The molecule has 4 saturated carbocycles. The Morgan fingerprint density at radius 2 is 0.977 bits per heavy atom. The second-order valence-electron chi connectivity index (χ2n) is 14.3. The van der Waals surface area contributed by atoms with Crippen molar-refractivity contribution in [3.8, 4) is 0 Å². The summed E-state index contributed by atoms with van der Waals surface area (Å²) in [7, 11) is 0. The molecule has 1 aromatic carbocycles. The fourth-order valence-corrected chi connectivity index (χ4v) is 9.36. The molecule has 0 aliphatic heterocycles. The van der Waals surface area contributed by atoms with Gasteiger partial charge in [-0.25, -0.2) is 9.59 Å². The Bertz CT molecular complexity index is 1030. The topological polar surface area (TPSA) is 81.1 Å². The lowest BCUT2D eigenvalue weighted by molar-refractivity contribution is 0.0672. The molecule has 6 heteroatoms. The largest absolute Gasteiger partial charge is 0.478 e. The van der Waals surface area contributed by atoms with Gasteiger partial charge in [0.1, 0.15) is 0 Å². The van der Waals surface area contributed by atoms with Crippen molar-refractivity contribution in [1.82, 2.24) is 9.80 Å². The van der Waals surface area contributed by atoms with Gasteiger partial charge in [-0.1, -0.05) is 77.0 Å². The van der Waals surface area contributed by atoms with Crippen LogP contribution in [-0.2, 0) is 12.8 Å². The summed E-state index contributed by atoms with van der Waals surface area (Å²) in [5, 5.41) is 20.9. The summed E-state index contributed by atoms with van der Waals surface area (Å²) in [6.45, 7) is 3.50. The van der Waals surface area contributed by atoms with Gasteiger partial charge in [0, 0.05) is 37.3 Å². The molecule has 0 amide bonds. The van der Waals surface area contributed by atoms with Gasteiger partial charge in [0.05, 0.1) is 11.1 Å². The van der Waals surface area contributed by atoms with Crippen molar-refractivity contribution in [2.45, 2.75) is 172 Å². The molecule has 4 aliphatic rings. The summed E-state index contributed by atoms with van der Waals surface area (Å²) >= 11 is 0. The van der Waals surface area contributed by atoms with E-state index in [1.54, 1.807) is 6.07 Å². The van der Waals surface area contributed by atoms with Crippen LogP contribution in [-0.4, -0.2) is 69.2 Å². The van der Waals surface area contributed by atoms with Crippen LogP contribution in [0, 0.1) is 6.92 Å². The molecule has 0 atom stereocenters. The minimum atomic E-state index is -0.940. The smallest absolute Gasteiger partial charge is 0.336 e. The molecule has 43 heavy (non-hydrogen) atoms. The molecule has 2 N–H and O–H groups in total. The summed E-state index contributed by atoms with van der Waals surface area (Å²) in [4.78, 5) is 30.9. The van der Waals surface area contributed by atoms with Crippen molar-refractivity contribution in [1.29, 1.82) is 0 Å². The lowest BCUT2D eigenvalue weighted by atomic mass is 9.86. The first-order valence-corrected chi connectivity index (χ1v) is 18.1. The maximum Gasteiger partial charge on any atom is 0.336 e. The molecule has 6 nitrogen and oxygen atoms in total. The van der Waals surface area contributed by atoms with Crippen molar-refractivity contribution >= 4 is 11.9 Å². The van der Waals surface area contributed by atoms with E-state index in [0.29, 0.717) is 53.7 Å². The number of benzene rings is 1. The summed E-state index contributed by atoms with van der Waals surface area (Å²) in [5.41, 5.74) is 2.82. The summed E-state index contributed by atoms with van der Waals surface area (Å²) < 4.78 is 0. The zero-order chi connectivity index (χ0) is 30.2. The molecule has 0 bridgehead atoms. The summed E-state index contributed by atoms with van der Waals surface area (Å²) in [6.07, 6.45) is 26.6. The lowest BCUT2D eigenvalue weighted by Gasteiger charge is -2.42. The number of carboxylic acids is 2. The predicted octanol–water partition coefficient (Wildman–Crippen LogP) is 8.41. The van der Waals surface area contributed by atoms with Crippen molar-refractivity contribution in [2.24, 2.45) is 0 Å². The Hall–Kier alpha value is -1.92. The number of carboxylic acid groups (broad SMARTS) is 2. The first kappa shape index (κ1) is 32.5. The maximum absolute atomic E-state index is 13.0. The van der Waals surface area contributed by atoms with Crippen LogP contribution in [0.15, 0.2) is 6.07 Å². The standard InChI is InChI=1S/C37H58N2O4/c1-27-33(23-25-39(31-18-10-4-11-19-31)32-20-12-5-13-21-32)35(37(42)43)28(26-34(27)36(40)41)22-24-38(29-14-6-2-7-15-29)30-16-8-3-9-17-30/h26,29-32H,2-25H2,1H3,(H,40,41)(H,42,43). The average Bonchev–Trinajstić information content (AvgIpc) is 3.04. The van der Waals surface area contributed by atoms with Crippen LogP contribution in [0.3, 0.4) is 0 Å². The highest BCUT2D eigenvalue weighted by atomic mass is 16.4. The molecule has 240 valence electrons. The SMILES string of the molecule is Cc1c(C(=O)O)cc(CCN(C2CCCCC2)C2CCCCC2)c(C(=O)O)c1CCN(C1CCCCC1)C1CCCCC1. The number of aromatic carboxylic acids is 2. The molecule has 0 spiro atoms. The zero-order valence-corrected chi connectivity index (χ0v) is 27.0. The van der Waals surface area contributed by atoms with E-state index in [1.165, 1.54) is 128 Å². The Morgan fingerprint density at radius 3 is 1.33 bits per heavy atom. The maximum atomic E-state index is 13.0. The van der Waals surface area contributed by atoms with E-state index >= 15 is 0 Å². The van der Waals surface area contributed by atoms with Gasteiger partial charge in [0.15, 0.2) is 0 Å². The molecule has 4 fully saturated rings. The monoisotopic (exact) mass is 594 g/mol. The van der Waals surface area contributed by atoms with Gasteiger partial charge in [0.2, 0.25) is 0 Å². The van der Waals surface area contributed by atoms with Crippen LogP contribution in [0.1, 0.15) is 166 Å². The van der Waals surface area contributed by atoms with Crippen LogP contribution in [0.5, 0.6) is 0 Å². The first-order valence-electron chi connectivity index (χ1n) is 18.1. The fourth-order valence-electron chi connectivity index (χ4n) is 9.36. The lowest BCUT2D eigenvalue weighted by Crippen LogP contribution is -2.46. The molecule has 0 unspecified atom stereocenters. The Morgan fingerprint density at radius 1 is 0.605 bits per heavy atom. The minimum Gasteiger partial charge on any atom is -0.478 e. The quantitative estimate of drug-likeness (QED) is 0.253. The molecule has 0 radical (unpaired) electrons. The number of carbonyl (C=O) groups is 2. The molecule has 1 aromatic rings. The highest BCUT2D eigenvalue weighted by molar-refractivity contribution is 5.96. The zero-order valence-electron chi connectivity index (χ0n) is 27.0. The average molecular weight is 595 g/mol. The predicted molar refractivity (Wildman–Crippen MR) is 173 cm³/mol. The summed E-state index contributed by atoms with van der Waals surface area (Å²) in [6, 6.07) is 4.02. The van der Waals surface area contributed by atoms with Crippen LogP contribution in [0.4, 0.5) is 0 Å². The fraction of sp³-hybridized carbons (Fsp3) is 0.784. The minimum absolute atomic E-state index is 0.291. The second-order valence-corrected chi connectivity index (χ2v) is 14.3. The Kier molecular flexibility index (Phi) is 12.0. The molecular weight excluding hydrogens is 536 g/mol. The van der Waals surface area contributed by atoms with E-state index in [4.69, 9.17) is 0 Å². The van der Waals surface area contributed by atoms with E-state index in [0.717, 1.165) is 24.2 Å². The van der Waals surface area contributed by atoms with Crippen LogP contribution >= 0.6 is 0 Å². The third-order valence-electron chi connectivity index (χ3n) is 11.7. The van der Waals surface area contributed by atoms with Gasteiger partial charge >= 0.3 is 11.9 Å². The Labute approximate surface area is 260 Å². The number of hydrogen-bond donors (Lipinski definition) is 2. The van der Waals surface area contributed by atoms with Gasteiger partial charge in [-0.05, 0) is 93.9 Å². The molecular formula is C37H58N2O4. The highest BCUT2D eigenvalue weighted by Gasteiger charge is 2.32. The van der Waals surface area contributed by atoms with Crippen LogP contribution in [0.2, 0.25) is 0 Å².